The van der Waals surface area contributed by atoms with E-state index >= 15 is 0 Å². The first kappa shape index (κ1) is 11.2. The van der Waals surface area contributed by atoms with Crippen LogP contribution >= 0.6 is 0 Å². The highest BCUT2D eigenvalue weighted by Gasteiger charge is 2.25. The maximum absolute atomic E-state index is 12.1. The maximum atomic E-state index is 12.1. The van der Waals surface area contributed by atoms with Crippen LogP contribution in [-0.2, 0) is 4.74 Å². The van der Waals surface area contributed by atoms with E-state index in [0.717, 1.165) is 12.2 Å². The molecular formula is C12H16N2O2. The molecule has 4 heteroatoms. The van der Waals surface area contributed by atoms with Gasteiger partial charge in [-0.1, -0.05) is 0 Å². The molecule has 2 heterocycles. The molecule has 1 saturated heterocycles. The number of hydrogen-bond donors (Lipinski definition) is 0. The molecule has 0 aromatic carbocycles. The number of Topliss-reactive ketones (excluding diaryl/α,β-unsaturated/α-hetero) is 1. The molecule has 1 aromatic rings. The third-order valence-electron chi connectivity index (χ3n) is 2.76. The first-order valence-electron chi connectivity index (χ1n) is 5.44. The van der Waals surface area contributed by atoms with Crippen LogP contribution in [0.4, 0.5) is 0 Å². The van der Waals surface area contributed by atoms with Crippen LogP contribution < -0.4 is 0 Å². The molecule has 1 fully saturated rings. The lowest BCUT2D eigenvalue weighted by molar-refractivity contribution is -0.00864. The lowest BCUT2D eigenvalue weighted by atomic mass is 10.1. The molecule has 1 unspecified atom stereocenters. The topological polar surface area (TPSA) is 42.4 Å². The van der Waals surface area contributed by atoms with Crippen molar-refractivity contribution in [2.45, 2.75) is 13.0 Å². The quantitative estimate of drug-likeness (QED) is 0.695. The second kappa shape index (κ2) is 4.72. The van der Waals surface area contributed by atoms with E-state index < -0.39 is 0 Å². The van der Waals surface area contributed by atoms with Gasteiger partial charge in [0, 0.05) is 30.5 Å². The number of ether oxygens (including phenoxy) is 1. The van der Waals surface area contributed by atoms with E-state index in [-0.39, 0.29) is 11.9 Å². The number of morpholine rings is 1. The number of hydrogen-bond acceptors (Lipinski definition) is 4. The average Bonchev–Trinajstić information content (AvgIpc) is 2.29. The van der Waals surface area contributed by atoms with Gasteiger partial charge in [0.2, 0.25) is 0 Å². The van der Waals surface area contributed by atoms with Gasteiger partial charge in [0.1, 0.15) is 6.10 Å². The van der Waals surface area contributed by atoms with Crippen molar-refractivity contribution in [2.75, 3.05) is 26.7 Å². The van der Waals surface area contributed by atoms with Crippen molar-refractivity contribution in [1.82, 2.24) is 9.88 Å². The molecule has 4 nitrogen and oxygen atoms in total. The van der Waals surface area contributed by atoms with Gasteiger partial charge in [0.15, 0.2) is 5.78 Å². The highest BCUT2D eigenvalue weighted by Crippen LogP contribution is 2.10. The summed E-state index contributed by atoms with van der Waals surface area (Å²) in [6.45, 7) is 4.06. The van der Waals surface area contributed by atoms with Crippen LogP contribution in [-0.4, -0.2) is 48.5 Å². The summed E-state index contributed by atoms with van der Waals surface area (Å²) in [5.74, 6) is 0.0269. The van der Waals surface area contributed by atoms with Gasteiger partial charge in [-0.2, -0.15) is 0 Å². The number of aromatic nitrogens is 1. The summed E-state index contributed by atoms with van der Waals surface area (Å²) in [5, 5.41) is 0. The third kappa shape index (κ3) is 2.46. The molecule has 1 atom stereocenters. The van der Waals surface area contributed by atoms with Crippen LogP contribution in [0.1, 0.15) is 16.1 Å². The second-order valence-electron chi connectivity index (χ2n) is 4.17. The number of pyridine rings is 1. The number of aryl methyl sites for hydroxylation is 1. The highest BCUT2D eigenvalue weighted by atomic mass is 16.5. The number of rotatable bonds is 2. The third-order valence-corrected chi connectivity index (χ3v) is 2.76. The zero-order chi connectivity index (χ0) is 11.5. The molecule has 0 bridgehead atoms. The molecule has 0 amide bonds. The molecule has 86 valence electrons. The van der Waals surface area contributed by atoms with Gasteiger partial charge in [-0.15, -0.1) is 0 Å². The first-order chi connectivity index (χ1) is 7.66. The van der Waals surface area contributed by atoms with Crippen LogP contribution in [0.25, 0.3) is 0 Å². The normalized spacial score (nSPS) is 22.0. The molecule has 0 saturated carbocycles. The van der Waals surface area contributed by atoms with Crippen molar-refractivity contribution in [3.63, 3.8) is 0 Å². The van der Waals surface area contributed by atoms with E-state index in [0.29, 0.717) is 18.7 Å². The second-order valence-corrected chi connectivity index (χ2v) is 4.17. The Labute approximate surface area is 95.2 Å². The van der Waals surface area contributed by atoms with E-state index in [2.05, 4.69) is 9.88 Å². The van der Waals surface area contributed by atoms with Crippen LogP contribution in [0, 0.1) is 6.92 Å². The SMILES string of the molecule is Cc1ccc(C(=O)C2CN(C)CCO2)cn1. The van der Waals surface area contributed by atoms with Crippen LogP contribution in [0.3, 0.4) is 0 Å². The van der Waals surface area contributed by atoms with Crippen molar-refractivity contribution in [2.24, 2.45) is 0 Å². The molecular weight excluding hydrogens is 204 g/mol. The molecule has 1 aliphatic rings. The minimum Gasteiger partial charge on any atom is -0.367 e. The van der Waals surface area contributed by atoms with Crippen LogP contribution in [0.2, 0.25) is 0 Å². The Morgan fingerprint density at radius 2 is 2.38 bits per heavy atom. The van der Waals surface area contributed by atoms with Gasteiger partial charge in [-0.25, -0.2) is 0 Å². The first-order valence-corrected chi connectivity index (χ1v) is 5.44. The Balaban J connectivity index is 2.09. The van der Waals surface area contributed by atoms with E-state index in [1.54, 1.807) is 6.20 Å². The summed E-state index contributed by atoms with van der Waals surface area (Å²) in [7, 11) is 2.00. The number of likely N-dealkylation sites (N-methyl/N-ethyl adjacent to an activating group) is 1. The van der Waals surface area contributed by atoms with Crippen LogP contribution in [0.15, 0.2) is 18.3 Å². The smallest absolute Gasteiger partial charge is 0.194 e. The minimum atomic E-state index is -0.344. The zero-order valence-corrected chi connectivity index (χ0v) is 9.64. The summed E-state index contributed by atoms with van der Waals surface area (Å²) >= 11 is 0. The van der Waals surface area contributed by atoms with E-state index in [4.69, 9.17) is 4.74 Å². The predicted molar refractivity (Wildman–Crippen MR) is 60.5 cm³/mol. The fourth-order valence-corrected chi connectivity index (χ4v) is 1.74. The van der Waals surface area contributed by atoms with E-state index in [9.17, 15) is 4.79 Å². The Morgan fingerprint density at radius 1 is 1.56 bits per heavy atom. The number of carbonyl (C=O) groups is 1. The van der Waals surface area contributed by atoms with Gasteiger partial charge < -0.3 is 9.64 Å². The van der Waals surface area contributed by atoms with Crippen molar-refractivity contribution in [3.05, 3.63) is 29.6 Å². The fourth-order valence-electron chi connectivity index (χ4n) is 1.74. The maximum Gasteiger partial charge on any atom is 0.194 e. The lowest BCUT2D eigenvalue weighted by Gasteiger charge is -2.28. The largest absolute Gasteiger partial charge is 0.367 e. The summed E-state index contributed by atoms with van der Waals surface area (Å²) in [4.78, 5) is 18.3. The molecule has 0 spiro atoms. The lowest BCUT2D eigenvalue weighted by Crippen LogP contribution is -2.44. The molecule has 0 radical (unpaired) electrons. The Kier molecular flexibility index (Phi) is 3.31. The summed E-state index contributed by atoms with van der Waals surface area (Å²) in [6, 6.07) is 3.66. The van der Waals surface area contributed by atoms with Crippen molar-refractivity contribution in [3.8, 4) is 0 Å². The van der Waals surface area contributed by atoms with E-state index in [1.165, 1.54) is 0 Å². The zero-order valence-electron chi connectivity index (χ0n) is 9.64. The summed E-state index contributed by atoms with van der Waals surface area (Å²) in [6.07, 6.45) is 1.28. The van der Waals surface area contributed by atoms with Gasteiger partial charge in [-0.05, 0) is 26.1 Å². The number of carbonyl (C=O) groups excluding carboxylic acids is 1. The molecule has 16 heavy (non-hydrogen) atoms. The Morgan fingerprint density at radius 3 is 3.00 bits per heavy atom. The number of ketones is 1. The minimum absolute atomic E-state index is 0.0269. The van der Waals surface area contributed by atoms with Gasteiger partial charge in [-0.3, -0.25) is 9.78 Å². The van der Waals surface area contributed by atoms with Crippen molar-refractivity contribution < 1.29 is 9.53 Å². The Hall–Kier alpha value is -1.26. The molecule has 1 aromatic heterocycles. The van der Waals surface area contributed by atoms with Gasteiger partial charge in [0.05, 0.1) is 6.61 Å². The molecule has 0 N–H and O–H groups in total. The van der Waals surface area contributed by atoms with Gasteiger partial charge in [0.25, 0.3) is 0 Å². The summed E-state index contributed by atoms with van der Waals surface area (Å²) in [5.41, 5.74) is 1.55. The highest BCUT2D eigenvalue weighted by molar-refractivity contribution is 5.99. The number of nitrogens with zero attached hydrogens (tertiary/aromatic N) is 2. The summed E-state index contributed by atoms with van der Waals surface area (Å²) < 4.78 is 5.48. The predicted octanol–water partition coefficient (Wildman–Crippen LogP) is 0.903. The fraction of sp³-hybridized carbons (Fsp3) is 0.500. The molecule has 1 aliphatic heterocycles. The molecule has 2 rings (SSSR count). The standard InChI is InChI=1S/C12H16N2O2/c1-9-3-4-10(7-13-9)12(15)11-8-14(2)5-6-16-11/h3-4,7,11H,5-6,8H2,1-2H3. The van der Waals surface area contributed by atoms with Crippen molar-refractivity contribution in [1.29, 1.82) is 0 Å². The average molecular weight is 220 g/mol. The monoisotopic (exact) mass is 220 g/mol. The van der Waals surface area contributed by atoms with E-state index in [1.807, 2.05) is 26.1 Å². The Bertz CT molecular complexity index is 375. The molecule has 0 aliphatic carbocycles. The van der Waals surface area contributed by atoms with Gasteiger partial charge >= 0.3 is 0 Å². The van der Waals surface area contributed by atoms with Crippen LogP contribution in [0.5, 0.6) is 0 Å². The van der Waals surface area contributed by atoms with Crippen molar-refractivity contribution >= 4 is 5.78 Å².